The van der Waals surface area contributed by atoms with Gasteiger partial charge in [-0.25, -0.2) is 0 Å². The molecule has 104 valence electrons. The van der Waals surface area contributed by atoms with Gasteiger partial charge in [-0.05, 0) is 30.4 Å². The molecule has 3 rings (SSSR count). The first-order valence-electron chi connectivity index (χ1n) is 6.96. The van der Waals surface area contributed by atoms with E-state index in [2.05, 4.69) is 6.08 Å². The largest absolute Gasteiger partial charge is 0.481 e. The van der Waals surface area contributed by atoms with E-state index in [-0.39, 0.29) is 23.7 Å². The van der Waals surface area contributed by atoms with Crippen LogP contribution in [-0.2, 0) is 9.59 Å². The van der Waals surface area contributed by atoms with Crippen molar-refractivity contribution in [3.63, 3.8) is 0 Å². The Bertz CT molecular complexity index is 415. The average Bonchev–Trinajstić information content (AvgIpc) is 2.89. The zero-order chi connectivity index (χ0) is 13.4. The SMILES string of the molecule is O=C(O)[C@@H]1C2C=CC(C2)[C@@H]1C(=O)N1CCCSCC1. The topological polar surface area (TPSA) is 57.6 Å². The highest BCUT2D eigenvalue weighted by Crippen LogP contribution is 2.48. The van der Waals surface area contributed by atoms with Gasteiger partial charge < -0.3 is 10.0 Å². The fraction of sp³-hybridized carbons (Fsp3) is 0.714. The predicted molar refractivity (Wildman–Crippen MR) is 73.9 cm³/mol. The number of amides is 1. The molecule has 1 heterocycles. The summed E-state index contributed by atoms with van der Waals surface area (Å²) >= 11 is 1.88. The highest BCUT2D eigenvalue weighted by atomic mass is 32.2. The van der Waals surface area contributed by atoms with Crippen molar-refractivity contribution >= 4 is 23.6 Å². The van der Waals surface area contributed by atoms with Crippen molar-refractivity contribution in [3.05, 3.63) is 12.2 Å². The second-order valence-corrected chi connectivity index (χ2v) is 6.85. The molecule has 0 aromatic carbocycles. The molecule has 1 saturated carbocycles. The number of carboxylic acid groups (broad SMARTS) is 1. The summed E-state index contributed by atoms with van der Waals surface area (Å²) in [6.45, 7) is 1.56. The highest BCUT2D eigenvalue weighted by Gasteiger charge is 2.52. The lowest BCUT2D eigenvalue weighted by Crippen LogP contribution is -2.43. The standard InChI is InChI=1S/C14H19NO3S/c16-13(15-4-1-6-19-7-5-15)11-9-2-3-10(8-9)12(11)14(17)18/h2-3,9-12H,1,4-8H2,(H,17,18)/t9?,10?,11-,12+/m0/s1. The predicted octanol–water partition coefficient (Wildman–Crippen LogP) is 1.47. The minimum absolute atomic E-state index is 0.0674. The van der Waals surface area contributed by atoms with Crippen LogP contribution in [0.3, 0.4) is 0 Å². The number of thioether (sulfide) groups is 1. The number of aliphatic carboxylic acids is 1. The van der Waals surface area contributed by atoms with Gasteiger partial charge in [0.25, 0.3) is 0 Å². The number of rotatable bonds is 2. The molecular formula is C14H19NO3S. The number of hydrogen-bond acceptors (Lipinski definition) is 3. The Balaban J connectivity index is 1.78. The zero-order valence-corrected chi connectivity index (χ0v) is 11.6. The molecule has 0 aromatic rings. The third kappa shape index (κ3) is 2.29. The summed E-state index contributed by atoms with van der Waals surface area (Å²) < 4.78 is 0. The van der Waals surface area contributed by atoms with Gasteiger partial charge in [0.2, 0.25) is 5.91 Å². The van der Waals surface area contributed by atoms with Gasteiger partial charge in [0, 0.05) is 18.8 Å². The molecule has 4 atom stereocenters. The van der Waals surface area contributed by atoms with E-state index in [1.54, 1.807) is 0 Å². The molecule has 1 saturated heterocycles. The van der Waals surface area contributed by atoms with E-state index in [1.165, 1.54) is 0 Å². The van der Waals surface area contributed by atoms with Gasteiger partial charge in [-0.1, -0.05) is 12.2 Å². The Labute approximate surface area is 117 Å². The van der Waals surface area contributed by atoms with Gasteiger partial charge in [-0.2, -0.15) is 11.8 Å². The van der Waals surface area contributed by atoms with Gasteiger partial charge in [0.15, 0.2) is 0 Å². The number of carboxylic acids is 1. The minimum atomic E-state index is -0.806. The van der Waals surface area contributed by atoms with E-state index in [4.69, 9.17) is 0 Å². The number of hydrogen-bond donors (Lipinski definition) is 1. The quantitative estimate of drug-likeness (QED) is 0.779. The molecule has 0 aromatic heterocycles. The van der Waals surface area contributed by atoms with Gasteiger partial charge in [-0.3, -0.25) is 9.59 Å². The molecule has 19 heavy (non-hydrogen) atoms. The van der Waals surface area contributed by atoms with Crippen LogP contribution in [0.4, 0.5) is 0 Å². The Kier molecular flexibility index (Phi) is 3.56. The lowest BCUT2D eigenvalue weighted by molar-refractivity contribution is -0.150. The van der Waals surface area contributed by atoms with E-state index in [0.29, 0.717) is 0 Å². The van der Waals surface area contributed by atoms with E-state index in [9.17, 15) is 14.7 Å². The number of carbonyl (C=O) groups is 2. The molecule has 2 aliphatic carbocycles. The number of carbonyl (C=O) groups excluding carboxylic acids is 1. The van der Waals surface area contributed by atoms with Crippen LogP contribution >= 0.6 is 11.8 Å². The van der Waals surface area contributed by atoms with Crippen LogP contribution in [-0.4, -0.2) is 46.5 Å². The molecule has 1 aliphatic heterocycles. The lowest BCUT2D eigenvalue weighted by Gasteiger charge is -2.30. The lowest BCUT2D eigenvalue weighted by atomic mass is 9.82. The maximum atomic E-state index is 12.7. The monoisotopic (exact) mass is 281 g/mol. The fourth-order valence-electron chi connectivity index (χ4n) is 3.67. The summed E-state index contributed by atoms with van der Waals surface area (Å²) in [5, 5.41) is 9.40. The molecule has 4 nitrogen and oxygen atoms in total. The zero-order valence-electron chi connectivity index (χ0n) is 10.8. The van der Waals surface area contributed by atoms with Crippen LogP contribution in [0.1, 0.15) is 12.8 Å². The summed E-state index contributed by atoms with van der Waals surface area (Å²) in [7, 11) is 0. The number of allylic oxidation sites excluding steroid dienone is 2. The maximum Gasteiger partial charge on any atom is 0.307 e. The van der Waals surface area contributed by atoms with Crippen molar-refractivity contribution in [1.82, 2.24) is 4.90 Å². The fourth-order valence-corrected chi connectivity index (χ4v) is 4.56. The van der Waals surface area contributed by atoms with E-state index in [1.807, 2.05) is 22.7 Å². The Morgan fingerprint density at radius 2 is 1.84 bits per heavy atom. The molecular weight excluding hydrogens is 262 g/mol. The molecule has 2 fully saturated rings. The summed E-state index contributed by atoms with van der Waals surface area (Å²) in [6, 6.07) is 0. The van der Waals surface area contributed by atoms with Crippen molar-refractivity contribution < 1.29 is 14.7 Å². The van der Waals surface area contributed by atoms with Crippen LogP contribution in [0.2, 0.25) is 0 Å². The maximum absolute atomic E-state index is 12.7. The van der Waals surface area contributed by atoms with Crippen LogP contribution in [0.5, 0.6) is 0 Å². The Hall–Kier alpha value is -0.970. The highest BCUT2D eigenvalue weighted by molar-refractivity contribution is 7.99. The third-order valence-electron chi connectivity index (χ3n) is 4.56. The second kappa shape index (κ2) is 5.19. The van der Waals surface area contributed by atoms with Crippen LogP contribution in [0, 0.1) is 23.7 Å². The van der Waals surface area contributed by atoms with E-state index >= 15 is 0 Å². The van der Waals surface area contributed by atoms with E-state index < -0.39 is 11.9 Å². The van der Waals surface area contributed by atoms with Gasteiger partial charge in [0.05, 0.1) is 11.8 Å². The van der Waals surface area contributed by atoms with Crippen LogP contribution in [0.15, 0.2) is 12.2 Å². The molecule has 0 spiro atoms. The average molecular weight is 281 g/mol. The Morgan fingerprint density at radius 1 is 1.11 bits per heavy atom. The number of nitrogens with zero attached hydrogens (tertiary/aromatic N) is 1. The molecule has 3 aliphatic rings. The summed E-state index contributed by atoms with van der Waals surface area (Å²) in [4.78, 5) is 26.0. The van der Waals surface area contributed by atoms with Crippen LogP contribution < -0.4 is 0 Å². The molecule has 1 N–H and O–H groups in total. The van der Waals surface area contributed by atoms with Crippen molar-refractivity contribution in [2.45, 2.75) is 12.8 Å². The summed E-state index contributed by atoms with van der Waals surface area (Å²) in [6.07, 6.45) is 5.91. The third-order valence-corrected chi connectivity index (χ3v) is 5.61. The normalized spacial score (nSPS) is 37.4. The van der Waals surface area contributed by atoms with Crippen molar-refractivity contribution in [3.8, 4) is 0 Å². The smallest absolute Gasteiger partial charge is 0.307 e. The van der Waals surface area contributed by atoms with Crippen molar-refractivity contribution in [1.29, 1.82) is 0 Å². The first kappa shape index (κ1) is 13.0. The molecule has 5 heteroatoms. The number of fused-ring (bicyclic) bond motifs is 2. The van der Waals surface area contributed by atoms with Crippen LogP contribution in [0.25, 0.3) is 0 Å². The molecule has 2 unspecified atom stereocenters. The van der Waals surface area contributed by atoms with Crippen molar-refractivity contribution in [2.75, 3.05) is 24.6 Å². The molecule has 2 bridgehead atoms. The molecule has 1 amide bonds. The van der Waals surface area contributed by atoms with Crippen molar-refractivity contribution in [2.24, 2.45) is 23.7 Å². The first-order valence-corrected chi connectivity index (χ1v) is 8.11. The first-order chi connectivity index (χ1) is 9.18. The Morgan fingerprint density at radius 3 is 2.58 bits per heavy atom. The van der Waals surface area contributed by atoms with Gasteiger partial charge in [-0.15, -0.1) is 0 Å². The minimum Gasteiger partial charge on any atom is -0.481 e. The molecule has 0 radical (unpaired) electrons. The van der Waals surface area contributed by atoms with Gasteiger partial charge >= 0.3 is 5.97 Å². The summed E-state index contributed by atoms with van der Waals surface area (Å²) in [5.74, 6) is 0.732. The van der Waals surface area contributed by atoms with Gasteiger partial charge in [0.1, 0.15) is 0 Å². The summed E-state index contributed by atoms with van der Waals surface area (Å²) in [5.41, 5.74) is 0. The second-order valence-electron chi connectivity index (χ2n) is 5.63. The van der Waals surface area contributed by atoms with E-state index in [0.717, 1.165) is 37.4 Å².